The summed E-state index contributed by atoms with van der Waals surface area (Å²) in [5.74, 6) is 1.75. The Morgan fingerprint density at radius 3 is 2.87 bits per heavy atom. The number of methoxy groups -OCH3 is 1. The van der Waals surface area contributed by atoms with E-state index >= 15 is 0 Å². The molecule has 1 unspecified atom stereocenters. The maximum absolute atomic E-state index is 13.0. The van der Waals surface area contributed by atoms with Crippen LogP contribution in [0.15, 0.2) is 53.3 Å². The van der Waals surface area contributed by atoms with Crippen molar-refractivity contribution in [2.75, 3.05) is 13.7 Å². The lowest BCUT2D eigenvalue weighted by Gasteiger charge is -2.27. The van der Waals surface area contributed by atoms with Crippen LogP contribution in [0.2, 0.25) is 0 Å². The fraction of sp³-hybridized carbons (Fsp3) is 0.364. The highest BCUT2D eigenvalue weighted by atomic mass is 16.5. The summed E-state index contributed by atoms with van der Waals surface area (Å²) in [7, 11) is 1.63. The average Bonchev–Trinajstić information content (AvgIpc) is 3.16. The minimum Gasteiger partial charge on any atom is -0.497 e. The lowest BCUT2D eigenvalue weighted by molar-refractivity contribution is 0.158. The Bertz CT molecular complexity index is 958. The summed E-state index contributed by atoms with van der Waals surface area (Å²) in [5, 5.41) is 7.12. The average molecular weight is 407 g/mol. The first-order valence-corrected chi connectivity index (χ1v) is 10.2. The van der Waals surface area contributed by atoms with E-state index in [1.807, 2.05) is 41.3 Å². The Hall–Kier alpha value is -3.42. The molecule has 2 amide bonds. The number of hydrogen-bond acceptors (Lipinski definition) is 6. The molecule has 0 saturated carbocycles. The molecule has 4 rings (SSSR count). The summed E-state index contributed by atoms with van der Waals surface area (Å²) in [6.07, 6.45) is 7.23. The topological polar surface area (TPSA) is 93.4 Å². The molecule has 1 aromatic carbocycles. The van der Waals surface area contributed by atoms with Gasteiger partial charge in [-0.25, -0.2) is 4.79 Å². The number of pyridine rings is 1. The zero-order chi connectivity index (χ0) is 20.8. The highest BCUT2D eigenvalue weighted by molar-refractivity contribution is 5.74. The Labute approximate surface area is 175 Å². The molecule has 3 aromatic rings. The summed E-state index contributed by atoms with van der Waals surface area (Å²) in [6, 6.07) is 11.0. The minimum atomic E-state index is -0.235. The van der Waals surface area contributed by atoms with E-state index in [1.54, 1.807) is 19.5 Å². The van der Waals surface area contributed by atoms with Crippen LogP contribution >= 0.6 is 0 Å². The predicted octanol–water partition coefficient (Wildman–Crippen LogP) is 3.97. The van der Waals surface area contributed by atoms with Crippen molar-refractivity contribution in [3.63, 3.8) is 0 Å². The van der Waals surface area contributed by atoms with Crippen molar-refractivity contribution in [2.45, 2.75) is 38.3 Å². The number of ether oxygens (including phenoxy) is 1. The van der Waals surface area contributed by atoms with Gasteiger partial charge in [0.25, 0.3) is 0 Å². The molecule has 30 heavy (non-hydrogen) atoms. The van der Waals surface area contributed by atoms with Gasteiger partial charge in [0, 0.05) is 31.0 Å². The second-order valence-electron chi connectivity index (χ2n) is 7.26. The van der Waals surface area contributed by atoms with Gasteiger partial charge in [-0.3, -0.25) is 4.98 Å². The molecule has 1 aliphatic heterocycles. The van der Waals surface area contributed by atoms with Crippen LogP contribution in [0.4, 0.5) is 4.79 Å². The zero-order valence-corrected chi connectivity index (χ0v) is 17.0. The van der Waals surface area contributed by atoms with Crippen molar-refractivity contribution >= 4 is 6.03 Å². The molecule has 8 heteroatoms. The predicted molar refractivity (Wildman–Crippen MR) is 111 cm³/mol. The fourth-order valence-electron chi connectivity index (χ4n) is 3.61. The molecular formula is C22H25N5O3. The standard InChI is InChI=1S/C22H25N5O3/c1-29-18-10-8-16(9-11-18)14-24-22(28)27-13-4-2-3-7-19(27)21-25-20(26-30-21)17-6-5-12-23-15-17/h5-6,8-12,15,19H,2-4,7,13-14H2,1H3,(H,24,28). The third-order valence-corrected chi connectivity index (χ3v) is 5.26. The SMILES string of the molecule is COc1ccc(CNC(=O)N2CCCCCC2c2nc(-c3cccnc3)no2)cc1. The van der Waals surface area contributed by atoms with Crippen molar-refractivity contribution in [3.8, 4) is 17.1 Å². The van der Waals surface area contributed by atoms with Gasteiger partial charge >= 0.3 is 6.03 Å². The van der Waals surface area contributed by atoms with Crippen LogP contribution in [0.3, 0.4) is 0 Å². The Balaban J connectivity index is 1.47. The monoisotopic (exact) mass is 407 g/mol. The molecule has 3 heterocycles. The van der Waals surface area contributed by atoms with Gasteiger partial charge in [0.2, 0.25) is 11.7 Å². The molecule has 0 spiro atoms. The van der Waals surface area contributed by atoms with E-state index in [9.17, 15) is 4.79 Å². The first kappa shape index (κ1) is 19.9. The van der Waals surface area contributed by atoms with E-state index in [0.717, 1.165) is 42.6 Å². The summed E-state index contributed by atoms with van der Waals surface area (Å²) in [6.45, 7) is 1.10. The number of carbonyl (C=O) groups is 1. The Kier molecular flexibility index (Phi) is 6.22. The molecule has 1 N–H and O–H groups in total. The van der Waals surface area contributed by atoms with Gasteiger partial charge in [0.15, 0.2) is 0 Å². The highest BCUT2D eigenvalue weighted by Gasteiger charge is 2.31. The molecule has 1 atom stereocenters. The Morgan fingerprint density at radius 2 is 2.10 bits per heavy atom. The van der Waals surface area contributed by atoms with Crippen LogP contribution in [0, 0.1) is 0 Å². The number of urea groups is 1. The van der Waals surface area contributed by atoms with E-state index in [2.05, 4.69) is 20.4 Å². The normalized spacial score (nSPS) is 16.7. The van der Waals surface area contributed by atoms with Gasteiger partial charge in [-0.2, -0.15) is 4.98 Å². The molecule has 156 valence electrons. The number of amides is 2. The Morgan fingerprint density at radius 1 is 1.23 bits per heavy atom. The lowest BCUT2D eigenvalue weighted by Crippen LogP contribution is -2.42. The summed E-state index contributed by atoms with van der Waals surface area (Å²) >= 11 is 0. The molecular weight excluding hydrogens is 382 g/mol. The number of likely N-dealkylation sites (tertiary alicyclic amines) is 1. The van der Waals surface area contributed by atoms with Gasteiger partial charge in [0.1, 0.15) is 11.8 Å². The van der Waals surface area contributed by atoms with Crippen LogP contribution in [0.25, 0.3) is 11.4 Å². The largest absolute Gasteiger partial charge is 0.497 e. The molecule has 8 nitrogen and oxygen atoms in total. The number of carbonyl (C=O) groups excluding carboxylic acids is 1. The van der Waals surface area contributed by atoms with Gasteiger partial charge in [0.05, 0.1) is 7.11 Å². The van der Waals surface area contributed by atoms with Crippen LogP contribution in [-0.4, -0.2) is 39.7 Å². The van der Waals surface area contributed by atoms with Crippen molar-refractivity contribution < 1.29 is 14.1 Å². The number of nitrogens with zero attached hydrogens (tertiary/aromatic N) is 4. The maximum Gasteiger partial charge on any atom is 0.318 e. The van der Waals surface area contributed by atoms with Crippen molar-refractivity contribution in [1.82, 2.24) is 25.3 Å². The highest BCUT2D eigenvalue weighted by Crippen LogP contribution is 2.30. The second kappa shape index (κ2) is 9.39. The quantitative estimate of drug-likeness (QED) is 0.688. The van der Waals surface area contributed by atoms with Crippen molar-refractivity contribution in [1.29, 1.82) is 0 Å². The van der Waals surface area contributed by atoms with Crippen LogP contribution in [0.5, 0.6) is 5.75 Å². The maximum atomic E-state index is 13.0. The number of benzene rings is 1. The molecule has 2 aromatic heterocycles. The molecule has 0 aliphatic carbocycles. The van der Waals surface area contributed by atoms with Gasteiger partial charge < -0.3 is 19.5 Å². The lowest BCUT2D eigenvalue weighted by atomic mass is 10.1. The van der Waals surface area contributed by atoms with E-state index < -0.39 is 0 Å². The van der Waals surface area contributed by atoms with Crippen LogP contribution in [0.1, 0.15) is 43.2 Å². The zero-order valence-electron chi connectivity index (χ0n) is 17.0. The molecule has 1 fully saturated rings. The van der Waals surface area contributed by atoms with Gasteiger partial charge in [-0.15, -0.1) is 0 Å². The molecule has 1 saturated heterocycles. The number of nitrogens with one attached hydrogen (secondary N) is 1. The van der Waals surface area contributed by atoms with Crippen LogP contribution < -0.4 is 10.1 Å². The molecule has 1 aliphatic rings. The first-order valence-electron chi connectivity index (χ1n) is 10.2. The van der Waals surface area contributed by atoms with E-state index in [0.29, 0.717) is 24.8 Å². The second-order valence-corrected chi connectivity index (χ2v) is 7.26. The van der Waals surface area contributed by atoms with Gasteiger partial charge in [-0.1, -0.05) is 30.1 Å². The van der Waals surface area contributed by atoms with E-state index in [1.165, 1.54) is 0 Å². The third-order valence-electron chi connectivity index (χ3n) is 5.26. The number of aromatic nitrogens is 3. The van der Waals surface area contributed by atoms with Crippen LogP contribution in [-0.2, 0) is 6.54 Å². The first-order chi connectivity index (χ1) is 14.7. The van der Waals surface area contributed by atoms with E-state index in [-0.39, 0.29) is 12.1 Å². The minimum absolute atomic E-state index is 0.126. The smallest absolute Gasteiger partial charge is 0.318 e. The van der Waals surface area contributed by atoms with E-state index in [4.69, 9.17) is 9.26 Å². The molecule has 0 bridgehead atoms. The third kappa shape index (κ3) is 4.59. The van der Waals surface area contributed by atoms with Gasteiger partial charge in [-0.05, 0) is 42.7 Å². The summed E-state index contributed by atoms with van der Waals surface area (Å²) in [4.78, 5) is 23.5. The van der Waals surface area contributed by atoms with Crippen molar-refractivity contribution in [3.05, 3.63) is 60.2 Å². The number of hydrogen-bond donors (Lipinski definition) is 1. The number of rotatable bonds is 5. The summed E-state index contributed by atoms with van der Waals surface area (Å²) < 4.78 is 10.7. The fourth-order valence-corrected chi connectivity index (χ4v) is 3.61. The summed E-state index contributed by atoms with van der Waals surface area (Å²) in [5.41, 5.74) is 1.80. The van der Waals surface area contributed by atoms with Crippen molar-refractivity contribution in [2.24, 2.45) is 0 Å². The molecule has 0 radical (unpaired) electrons.